The molecule has 3 atom stereocenters. The third-order valence-corrected chi connectivity index (χ3v) is 7.55. The van der Waals surface area contributed by atoms with Crippen molar-refractivity contribution in [1.29, 1.82) is 0 Å². The van der Waals surface area contributed by atoms with Crippen LogP contribution in [0, 0.1) is 24.7 Å². The molecule has 1 nitrogen and oxygen atoms in total. The van der Waals surface area contributed by atoms with Gasteiger partial charge in [0.2, 0.25) is 0 Å². The molecule has 0 saturated carbocycles. The highest BCUT2D eigenvalue weighted by Gasteiger charge is 2.20. The highest BCUT2D eigenvalue weighted by molar-refractivity contribution is 7.80. The molecule has 0 heterocycles. The number of thiol groups is 1. The zero-order valence-electron chi connectivity index (χ0n) is 19.9. The van der Waals surface area contributed by atoms with Crippen LogP contribution in [0.1, 0.15) is 102 Å². The lowest BCUT2D eigenvalue weighted by molar-refractivity contribution is 0.373. The topological polar surface area (TPSA) is 12.0 Å². The van der Waals surface area contributed by atoms with Crippen molar-refractivity contribution in [3.05, 3.63) is 28.8 Å². The molecule has 0 amide bonds. The lowest BCUT2D eigenvalue weighted by atomic mass is 9.79. The molecule has 1 aliphatic carbocycles. The molecule has 1 aromatic carbocycles. The fourth-order valence-corrected chi connectivity index (χ4v) is 5.42. The second-order valence-electron chi connectivity index (χ2n) is 10.2. The van der Waals surface area contributed by atoms with E-state index in [2.05, 4.69) is 45.1 Å². The molecule has 2 heteroatoms. The average molecular weight is 418 g/mol. The minimum atomic E-state index is 0.620. The average Bonchev–Trinajstić information content (AvgIpc) is 2.68. The third-order valence-electron chi connectivity index (χ3n) is 7.03. The van der Waals surface area contributed by atoms with Crippen molar-refractivity contribution >= 4 is 18.3 Å². The Labute approximate surface area is 187 Å². The van der Waals surface area contributed by atoms with Gasteiger partial charge in [-0.05, 0) is 85.6 Å². The molecule has 0 unspecified atom stereocenters. The molecule has 0 bridgehead atoms. The second kappa shape index (κ2) is 12.9. The van der Waals surface area contributed by atoms with Gasteiger partial charge in [0, 0.05) is 18.0 Å². The van der Waals surface area contributed by atoms with E-state index in [-0.39, 0.29) is 0 Å². The number of nitrogens with one attached hydrogen (secondary N) is 1. The second-order valence-corrected chi connectivity index (χ2v) is 11.0. The molecule has 0 aromatic heterocycles. The van der Waals surface area contributed by atoms with E-state index in [0.717, 1.165) is 17.8 Å². The van der Waals surface area contributed by atoms with Crippen molar-refractivity contribution in [1.82, 2.24) is 0 Å². The van der Waals surface area contributed by atoms with Crippen LogP contribution in [-0.4, -0.2) is 12.3 Å². The van der Waals surface area contributed by atoms with Crippen LogP contribution in [0.4, 0.5) is 5.69 Å². The Hall–Kier alpha value is -0.630. The molecular weight excluding hydrogens is 370 g/mol. The number of fused-ring (bicyclic) bond motifs is 1. The fraction of sp³-hybridized carbons (Fsp3) is 0.778. The Balaban J connectivity index is 1.60. The quantitative estimate of drug-likeness (QED) is 0.308. The standard InChI is InChI=1S/C27H47NS/c1-20(2)9-6-13-26(29)14-8-11-21(3)10-7-12-23-15-16-24-19-25(28-5)17-22(4)27(24)18-23/h17,19-21,23,26,28-29H,6-16,18H2,1-5H3/t21-,23+,26+/m0/s1. The summed E-state index contributed by atoms with van der Waals surface area (Å²) in [4.78, 5) is 0. The highest BCUT2D eigenvalue weighted by Crippen LogP contribution is 2.33. The smallest absolute Gasteiger partial charge is 0.0343 e. The molecule has 1 N–H and O–H groups in total. The van der Waals surface area contributed by atoms with Crippen molar-refractivity contribution in [2.75, 3.05) is 12.4 Å². The van der Waals surface area contributed by atoms with E-state index < -0.39 is 0 Å². The monoisotopic (exact) mass is 417 g/mol. The van der Waals surface area contributed by atoms with Crippen LogP contribution in [0.15, 0.2) is 12.1 Å². The first-order valence-electron chi connectivity index (χ1n) is 12.4. The van der Waals surface area contributed by atoms with Gasteiger partial charge in [0.05, 0.1) is 0 Å². The number of benzene rings is 1. The maximum absolute atomic E-state index is 4.81. The Morgan fingerprint density at radius 1 is 1.00 bits per heavy atom. The van der Waals surface area contributed by atoms with E-state index in [1.165, 1.54) is 88.3 Å². The zero-order valence-corrected chi connectivity index (χ0v) is 20.8. The molecule has 0 spiro atoms. The molecule has 166 valence electrons. The normalized spacial score (nSPS) is 18.5. The molecule has 29 heavy (non-hydrogen) atoms. The Kier molecular flexibility index (Phi) is 11.0. The summed E-state index contributed by atoms with van der Waals surface area (Å²) in [6, 6.07) is 4.69. The van der Waals surface area contributed by atoms with Crippen LogP contribution in [-0.2, 0) is 12.8 Å². The van der Waals surface area contributed by atoms with Gasteiger partial charge in [-0.1, -0.05) is 65.7 Å². The summed E-state index contributed by atoms with van der Waals surface area (Å²) in [7, 11) is 2.03. The number of anilines is 1. The summed E-state index contributed by atoms with van der Waals surface area (Å²) in [5.74, 6) is 2.61. The van der Waals surface area contributed by atoms with Crippen LogP contribution >= 0.6 is 12.6 Å². The molecule has 1 aliphatic rings. The van der Waals surface area contributed by atoms with Crippen molar-refractivity contribution in [3.8, 4) is 0 Å². The molecule has 2 rings (SSSR count). The van der Waals surface area contributed by atoms with Gasteiger partial charge in [0.1, 0.15) is 0 Å². The van der Waals surface area contributed by atoms with E-state index in [0.29, 0.717) is 5.25 Å². The summed E-state index contributed by atoms with van der Waals surface area (Å²) >= 11 is 4.81. The summed E-state index contributed by atoms with van der Waals surface area (Å²) < 4.78 is 0. The predicted octanol–water partition coefficient (Wildman–Crippen LogP) is 8.24. The van der Waals surface area contributed by atoms with Gasteiger partial charge >= 0.3 is 0 Å². The van der Waals surface area contributed by atoms with Crippen LogP contribution in [0.5, 0.6) is 0 Å². The number of aryl methyl sites for hydroxylation is 2. The van der Waals surface area contributed by atoms with Gasteiger partial charge in [-0.2, -0.15) is 12.6 Å². The highest BCUT2D eigenvalue weighted by atomic mass is 32.1. The van der Waals surface area contributed by atoms with E-state index in [9.17, 15) is 0 Å². The van der Waals surface area contributed by atoms with Gasteiger partial charge < -0.3 is 5.32 Å². The van der Waals surface area contributed by atoms with Crippen molar-refractivity contribution in [2.45, 2.75) is 110 Å². The molecule has 0 radical (unpaired) electrons. The Morgan fingerprint density at radius 3 is 2.38 bits per heavy atom. The first-order chi connectivity index (χ1) is 13.9. The van der Waals surface area contributed by atoms with Crippen LogP contribution in [0.25, 0.3) is 0 Å². The van der Waals surface area contributed by atoms with E-state index >= 15 is 0 Å². The van der Waals surface area contributed by atoms with Crippen molar-refractivity contribution < 1.29 is 0 Å². The van der Waals surface area contributed by atoms with Gasteiger partial charge in [-0.3, -0.25) is 0 Å². The maximum Gasteiger partial charge on any atom is 0.0343 e. The van der Waals surface area contributed by atoms with Gasteiger partial charge in [0.15, 0.2) is 0 Å². The summed E-state index contributed by atoms with van der Waals surface area (Å²) in [5, 5.41) is 3.93. The Morgan fingerprint density at radius 2 is 1.69 bits per heavy atom. The lowest BCUT2D eigenvalue weighted by Crippen LogP contribution is -2.16. The lowest BCUT2D eigenvalue weighted by Gasteiger charge is -2.27. The molecule has 0 fully saturated rings. The first kappa shape index (κ1) is 24.6. The van der Waals surface area contributed by atoms with E-state index in [1.54, 1.807) is 11.1 Å². The summed E-state index contributed by atoms with van der Waals surface area (Å²) in [6.07, 6.45) is 16.3. The maximum atomic E-state index is 4.81. The molecule has 1 aromatic rings. The number of rotatable bonds is 13. The Bertz CT molecular complexity index is 594. The molecule has 0 aliphatic heterocycles. The van der Waals surface area contributed by atoms with E-state index in [1.807, 2.05) is 7.05 Å². The number of hydrogen-bond donors (Lipinski definition) is 2. The largest absolute Gasteiger partial charge is 0.388 e. The number of hydrogen-bond acceptors (Lipinski definition) is 2. The SMILES string of the molecule is CNc1cc(C)c2c(c1)CC[C@@H](CCC[C@H](C)CCC[C@H](S)CCCC(C)C)C2. The summed E-state index contributed by atoms with van der Waals surface area (Å²) in [5.41, 5.74) is 6.00. The molecular formula is C27H47NS. The minimum absolute atomic E-state index is 0.620. The van der Waals surface area contributed by atoms with Crippen molar-refractivity contribution in [2.24, 2.45) is 17.8 Å². The fourth-order valence-electron chi connectivity index (χ4n) is 5.05. The van der Waals surface area contributed by atoms with Gasteiger partial charge in [0.25, 0.3) is 0 Å². The van der Waals surface area contributed by atoms with Gasteiger partial charge in [-0.25, -0.2) is 0 Å². The van der Waals surface area contributed by atoms with Crippen molar-refractivity contribution in [3.63, 3.8) is 0 Å². The van der Waals surface area contributed by atoms with Gasteiger partial charge in [-0.15, -0.1) is 0 Å². The zero-order chi connectivity index (χ0) is 21.2. The van der Waals surface area contributed by atoms with Crippen LogP contribution < -0.4 is 5.32 Å². The van der Waals surface area contributed by atoms with Crippen LogP contribution in [0.2, 0.25) is 0 Å². The van der Waals surface area contributed by atoms with Crippen LogP contribution in [0.3, 0.4) is 0 Å². The summed E-state index contributed by atoms with van der Waals surface area (Å²) in [6.45, 7) is 9.40. The van der Waals surface area contributed by atoms with E-state index in [4.69, 9.17) is 12.6 Å². The predicted molar refractivity (Wildman–Crippen MR) is 135 cm³/mol. The molecule has 0 saturated heterocycles. The minimum Gasteiger partial charge on any atom is -0.388 e. The third kappa shape index (κ3) is 8.95. The first-order valence-corrected chi connectivity index (χ1v) is 12.9.